The molecule has 0 aromatic heterocycles. The van der Waals surface area contributed by atoms with Crippen LogP contribution in [-0.4, -0.2) is 19.3 Å². The van der Waals surface area contributed by atoms with Crippen molar-refractivity contribution in [3.63, 3.8) is 0 Å². The summed E-state index contributed by atoms with van der Waals surface area (Å²) < 4.78 is 11.4. The Labute approximate surface area is 96.5 Å². The SMILES string of the molecule is Cc1cccc(CN)c1OC1CCOCC1. The molecule has 0 spiro atoms. The largest absolute Gasteiger partial charge is 0.490 e. The third-order valence-corrected chi connectivity index (χ3v) is 2.97. The number of ether oxygens (including phenoxy) is 2. The Morgan fingerprint density at radius 2 is 2.12 bits per heavy atom. The van der Waals surface area contributed by atoms with Crippen molar-refractivity contribution in [2.75, 3.05) is 13.2 Å². The number of nitrogens with two attached hydrogens (primary N) is 1. The molecule has 2 N–H and O–H groups in total. The molecule has 1 aliphatic rings. The van der Waals surface area contributed by atoms with Gasteiger partial charge in [0.2, 0.25) is 0 Å². The highest BCUT2D eigenvalue weighted by Crippen LogP contribution is 2.26. The Balaban J connectivity index is 2.12. The third kappa shape index (κ3) is 2.54. The highest BCUT2D eigenvalue weighted by Gasteiger charge is 2.17. The average molecular weight is 221 g/mol. The van der Waals surface area contributed by atoms with Crippen LogP contribution in [0.25, 0.3) is 0 Å². The van der Waals surface area contributed by atoms with Gasteiger partial charge in [0.1, 0.15) is 11.9 Å². The van der Waals surface area contributed by atoms with Crippen molar-refractivity contribution in [3.05, 3.63) is 29.3 Å². The van der Waals surface area contributed by atoms with Crippen LogP contribution in [0.15, 0.2) is 18.2 Å². The molecule has 0 bridgehead atoms. The van der Waals surface area contributed by atoms with E-state index in [4.69, 9.17) is 15.2 Å². The minimum atomic E-state index is 0.278. The van der Waals surface area contributed by atoms with Gasteiger partial charge in [-0.1, -0.05) is 18.2 Å². The van der Waals surface area contributed by atoms with Crippen LogP contribution in [0.2, 0.25) is 0 Å². The van der Waals surface area contributed by atoms with E-state index in [-0.39, 0.29) is 6.10 Å². The summed E-state index contributed by atoms with van der Waals surface area (Å²) in [5.74, 6) is 0.969. The average Bonchev–Trinajstić information content (AvgIpc) is 2.33. The lowest BCUT2D eigenvalue weighted by Crippen LogP contribution is -2.26. The number of aryl methyl sites for hydroxylation is 1. The fraction of sp³-hybridized carbons (Fsp3) is 0.538. The molecule has 1 fully saturated rings. The predicted octanol–water partition coefficient (Wildman–Crippen LogP) is 2.01. The molecule has 88 valence electrons. The molecule has 1 aromatic rings. The first-order valence-electron chi connectivity index (χ1n) is 5.84. The first-order valence-corrected chi connectivity index (χ1v) is 5.84. The maximum absolute atomic E-state index is 6.05. The lowest BCUT2D eigenvalue weighted by atomic mass is 10.1. The van der Waals surface area contributed by atoms with Gasteiger partial charge in [0, 0.05) is 24.9 Å². The highest BCUT2D eigenvalue weighted by atomic mass is 16.5. The molecule has 1 heterocycles. The van der Waals surface area contributed by atoms with E-state index in [2.05, 4.69) is 13.0 Å². The van der Waals surface area contributed by atoms with Crippen LogP contribution < -0.4 is 10.5 Å². The topological polar surface area (TPSA) is 44.5 Å². The van der Waals surface area contributed by atoms with E-state index >= 15 is 0 Å². The molecule has 1 saturated heterocycles. The van der Waals surface area contributed by atoms with Crippen LogP contribution in [0.3, 0.4) is 0 Å². The standard InChI is InChI=1S/C13H19NO2/c1-10-3-2-4-11(9-14)13(10)16-12-5-7-15-8-6-12/h2-4,12H,5-9,14H2,1H3. The number of para-hydroxylation sites is 1. The normalized spacial score (nSPS) is 17.4. The van der Waals surface area contributed by atoms with Gasteiger partial charge in [-0.15, -0.1) is 0 Å². The molecule has 16 heavy (non-hydrogen) atoms. The van der Waals surface area contributed by atoms with Crippen LogP contribution in [0.4, 0.5) is 0 Å². The van der Waals surface area contributed by atoms with Gasteiger partial charge >= 0.3 is 0 Å². The summed E-state index contributed by atoms with van der Waals surface area (Å²) >= 11 is 0. The molecule has 0 aliphatic carbocycles. The third-order valence-electron chi connectivity index (χ3n) is 2.97. The second-order valence-corrected chi connectivity index (χ2v) is 4.20. The van der Waals surface area contributed by atoms with Gasteiger partial charge in [0.05, 0.1) is 13.2 Å². The van der Waals surface area contributed by atoms with Gasteiger partial charge in [-0.2, -0.15) is 0 Å². The zero-order chi connectivity index (χ0) is 11.4. The highest BCUT2D eigenvalue weighted by molar-refractivity contribution is 5.40. The zero-order valence-corrected chi connectivity index (χ0v) is 9.74. The fourth-order valence-electron chi connectivity index (χ4n) is 2.00. The summed E-state index contributed by atoms with van der Waals surface area (Å²) in [6, 6.07) is 6.11. The van der Waals surface area contributed by atoms with Gasteiger partial charge < -0.3 is 15.2 Å². The molecule has 0 unspecified atom stereocenters. The van der Waals surface area contributed by atoms with Gasteiger partial charge in [-0.25, -0.2) is 0 Å². The van der Waals surface area contributed by atoms with Crippen LogP contribution in [0.5, 0.6) is 5.75 Å². The van der Waals surface area contributed by atoms with E-state index in [0.717, 1.165) is 42.9 Å². The Kier molecular flexibility index (Phi) is 3.80. The maximum atomic E-state index is 6.05. The Morgan fingerprint density at radius 3 is 2.81 bits per heavy atom. The number of hydrogen-bond acceptors (Lipinski definition) is 3. The van der Waals surface area contributed by atoms with E-state index in [1.54, 1.807) is 0 Å². The summed E-state index contributed by atoms with van der Waals surface area (Å²) in [7, 11) is 0. The van der Waals surface area contributed by atoms with Gasteiger partial charge in [-0.3, -0.25) is 0 Å². The molecule has 0 saturated carbocycles. The van der Waals surface area contributed by atoms with Crippen molar-refractivity contribution < 1.29 is 9.47 Å². The summed E-state index contributed by atoms with van der Waals surface area (Å²) in [6.07, 6.45) is 2.22. The van der Waals surface area contributed by atoms with E-state index in [1.807, 2.05) is 12.1 Å². The van der Waals surface area contributed by atoms with E-state index in [0.29, 0.717) is 6.54 Å². The molecular formula is C13H19NO2. The minimum Gasteiger partial charge on any atom is -0.490 e. The number of rotatable bonds is 3. The molecular weight excluding hydrogens is 202 g/mol. The molecule has 3 nitrogen and oxygen atoms in total. The molecule has 3 heteroatoms. The summed E-state index contributed by atoms with van der Waals surface area (Å²) in [6.45, 7) is 4.19. The summed E-state index contributed by atoms with van der Waals surface area (Å²) in [5.41, 5.74) is 7.97. The van der Waals surface area contributed by atoms with Crippen LogP contribution in [-0.2, 0) is 11.3 Å². The van der Waals surface area contributed by atoms with Crippen LogP contribution in [0, 0.1) is 6.92 Å². The molecule has 1 aliphatic heterocycles. The first-order chi connectivity index (χ1) is 7.81. The zero-order valence-electron chi connectivity index (χ0n) is 9.74. The van der Waals surface area contributed by atoms with E-state index in [9.17, 15) is 0 Å². The summed E-state index contributed by atoms with van der Waals surface area (Å²) in [5, 5.41) is 0. The van der Waals surface area contributed by atoms with Crippen LogP contribution >= 0.6 is 0 Å². The molecule has 0 atom stereocenters. The smallest absolute Gasteiger partial charge is 0.127 e. The number of hydrogen-bond donors (Lipinski definition) is 1. The summed E-state index contributed by atoms with van der Waals surface area (Å²) in [4.78, 5) is 0. The second kappa shape index (κ2) is 5.32. The van der Waals surface area contributed by atoms with Gasteiger partial charge in [0.25, 0.3) is 0 Å². The van der Waals surface area contributed by atoms with Crippen molar-refractivity contribution in [1.29, 1.82) is 0 Å². The van der Waals surface area contributed by atoms with Crippen molar-refractivity contribution in [1.82, 2.24) is 0 Å². The quantitative estimate of drug-likeness (QED) is 0.849. The Bertz CT molecular complexity index is 346. The van der Waals surface area contributed by atoms with Crippen molar-refractivity contribution in [3.8, 4) is 5.75 Å². The second-order valence-electron chi connectivity index (χ2n) is 4.20. The van der Waals surface area contributed by atoms with Crippen molar-refractivity contribution in [2.45, 2.75) is 32.4 Å². The fourth-order valence-corrected chi connectivity index (χ4v) is 2.00. The Hall–Kier alpha value is -1.06. The molecule has 0 radical (unpaired) electrons. The first kappa shape index (κ1) is 11.4. The molecule has 1 aromatic carbocycles. The lowest BCUT2D eigenvalue weighted by Gasteiger charge is -2.25. The predicted molar refractivity (Wildman–Crippen MR) is 63.5 cm³/mol. The minimum absolute atomic E-state index is 0.278. The molecule has 0 amide bonds. The van der Waals surface area contributed by atoms with E-state index in [1.165, 1.54) is 0 Å². The van der Waals surface area contributed by atoms with Gasteiger partial charge in [0.15, 0.2) is 0 Å². The Morgan fingerprint density at radius 1 is 1.38 bits per heavy atom. The van der Waals surface area contributed by atoms with Gasteiger partial charge in [-0.05, 0) is 12.5 Å². The van der Waals surface area contributed by atoms with Crippen molar-refractivity contribution in [2.24, 2.45) is 5.73 Å². The maximum Gasteiger partial charge on any atom is 0.127 e. The number of benzene rings is 1. The van der Waals surface area contributed by atoms with E-state index < -0.39 is 0 Å². The van der Waals surface area contributed by atoms with Crippen molar-refractivity contribution >= 4 is 0 Å². The monoisotopic (exact) mass is 221 g/mol. The lowest BCUT2D eigenvalue weighted by molar-refractivity contribution is 0.0249. The molecule has 2 rings (SSSR count). The van der Waals surface area contributed by atoms with Crippen LogP contribution in [0.1, 0.15) is 24.0 Å².